The highest BCUT2D eigenvalue weighted by Crippen LogP contribution is 2.48. The van der Waals surface area contributed by atoms with E-state index < -0.39 is 240 Å². The fourth-order valence-electron chi connectivity index (χ4n) is 12.3. The number of nitrogens with one attached hydrogen (secondary N) is 3. The summed E-state index contributed by atoms with van der Waals surface area (Å²) in [5.41, 5.74) is 14.8. The van der Waals surface area contributed by atoms with Gasteiger partial charge < -0.3 is 146 Å². The van der Waals surface area contributed by atoms with Gasteiger partial charge in [-0.15, -0.1) is 0 Å². The molecule has 27 unspecified atom stereocenters. The Bertz CT molecular complexity index is 3310. The topological polar surface area (TPSA) is 608 Å². The molecule has 0 aromatic rings. The summed E-state index contributed by atoms with van der Waals surface area (Å²) in [6.07, 6.45) is -37.6. The number of phosphoric ester groups is 1. The molecule has 39 nitrogen and oxygen atoms in total. The Kier molecular flexibility index (Phi) is 34.3. The third kappa shape index (κ3) is 25.4. The summed E-state index contributed by atoms with van der Waals surface area (Å²) in [4.78, 5) is 101. The quantitative estimate of drug-likeness (QED) is 0.0227. The molecule has 0 radical (unpaired) electrons. The number of carboxylic acid groups (broad SMARTS) is 1. The molecule has 612 valence electrons. The van der Waals surface area contributed by atoms with E-state index in [0.717, 1.165) is 57.1 Å². The van der Waals surface area contributed by atoms with Gasteiger partial charge in [-0.1, -0.05) is 73.1 Å². The van der Waals surface area contributed by atoms with Crippen LogP contribution in [0, 0.1) is 5.41 Å². The molecular weight excluding hydrogens is 1460 g/mol. The Balaban J connectivity index is 1.23. The number of hydrogen-bond donors (Lipinski definition) is 18. The van der Waals surface area contributed by atoms with E-state index in [0.29, 0.717) is 12.8 Å². The Morgan fingerprint density at radius 1 is 0.667 bits per heavy atom. The van der Waals surface area contributed by atoms with Gasteiger partial charge in [0.15, 0.2) is 67.8 Å². The molecule has 6 aliphatic rings. The predicted octanol–water partition coefficient (Wildman–Crippen LogP) is -2.42. The first kappa shape index (κ1) is 90.7. The number of Topliss-reactive ketones (excluding diaryl/α,β-unsaturated/α-hetero) is 1. The van der Waals surface area contributed by atoms with Crippen molar-refractivity contribution in [3.05, 3.63) is 70.7 Å². The molecule has 27 atom stereocenters. The molecule has 0 saturated carbocycles. The lowest BCUT2D eigenvalue weighted by Gasteiger charge is -2.50. The monoisotopic (exact) mass is 1570 g/mol. The molecular formula is C68H106N5O34P. The Labute approximate surface area is 622 Å². The van der Waals surface area contributed by atoms with Crippen LogP contribution < -0.4 is 27.4 Å². The summed E-state index contributed by atoms with van der Waals surface area (Å²) < 4.78 is 88.4. The maximum Gasteiger partial charge on any atom is 0.474 e. The van der Waals surface area contributed by atoms with Gasteiger partial charge in [-0.05, 0) is 85.0 Å². The van der Waals surface area contributed by atoms with Crippen molar-refractivity contribution in [1.82, 2.24) is 16.0 Å². The van der Waals surface area contributed by atoms with Gasteiger partial charge in [-0.2, -0.15) is 0 Å². The number of carbonyl (C=O) groups is 7. The average Bonchev–Trinajstić information content (AvgIpc) is 0.801. The SMILES string of the molecule is C=C(CC=C(C)CCC=C(C)C)CCC(C)(C)C=CCCC(C)=CCOC(COP(=O)(O)OC1OC(C(N)=O)C(O)C(OC(N)=O)C1OC1OC(COC2OC(CO)C(O)C(O)C2O)C(OC2OC(C)C(OC3OC(C(=O)NC4=C(O)CCC4=O)C(O)C(O)C3O)C(O)C2NC(C)=O)C(O)C1NC(C)=O)C(=O)O. The van der Waals surface area contributed by atoms with E-state index in [1.54, 1.807) is 13.0 Å². The van der Waals surface area contributed by atoms with Gasteiger partial charge in [0.05, 0.1) is 32.5 Å². The van der Waals surface area contributed by atoms with E-state index in [9.17, 15) is 104 Å². The van der Waals surface area contributed by atoms with Crippen LogP contribution in [-0.2, 0) is 94.5 Å². The van der Waals surface area contributed by atoms with E-state index in [1.807, 2.05) is 6.08 Å². The highest BCUT2D eigenvalue weighted by Gasteiger charge is 2.59. The van der Waals surface area contributed by atoms with Crippen molar-refractivity contribution in [3.8, 4) is 0 Å². The number of carbonyl (C=O) groups excluding carboxylic acids is 6. The number of rotatable bonds is 37. The summed E-state index contributed by atoms with van der Waals surface area (Å²) >= 11 is 0. The largest absolute Gasteiger partial charge is 0.510 e. The molecule has 0 aromatic heterocycles. The van der Waals surface area contributed by atoms with Gasteiger partial charge in [-0.25, -0.2) is 14.2 Å². The smallest absolute Gasteiger partial charge is 0.474 e. The Morgan fingerprint density at radius 2 is 1.24 bits per heavy atom. The lowest BCUT2D eigenvalue weighted by molar-refractivity contribution is -0.371. The lowest BCUT2D eigenvalue weighted by Crippen LogP contribution is -2.71. The summed E-state index contributed by atoms with van der Waals surface area (Å²) in [7, 11) is -5.83. The first-order chi connectivity index (χ1) is 50.5. The van der Waals surface area contributed by atoms with E-state index in [4.69, 9.17) is 72.6 Å². The number of aliphatic hydroxyl groups excluding tert-OH is 11. The minimum absolute atomic E-state index is 0.127. The zero-order valence-electron chi connectivity index (χ0n) is 61.3. The highest BCUT2D eigenvalue weighted by atomic mass is 31.2. The van der Waals surface area contributed by atoms with Gasteiger partial charge in [0.1, 0.15) is 103 Å². The standard InChI is InChI=1S/C68H106N5O34P/c1-29(2)14-13-16-30(3)17-18-32(5)21-24-68(9,10)23-12-11-15-31(4)22-25-95-40(61(90)91)28-97-108(93,94)107-66-58(55(106-67(70)92)52(87)56(103-66)59(69)88)105-63-43(72-35(8)76)46(81)54(39(100-63)27-96-64-50(85)47(82)44(79)38(26-74)99-64)102-62-42(71-34(7)75)45(80)53(33(6)98-62)101-65-51(86)48(83)49(84)57(104-65)60(89)73-41-36(77)19-20-37(41)78/h12,14,17,22-23,33,38-40,42-58,62-66,74,77,79-87H,5,11,13,15-16,18-21,24-28H2,1-4,6-10H3,(H2,69,88)(H2,70,92)(H,71,75)(H,72,76)(H,73,89)(H,90,91)(H,93,94). The van der Waals surface area contributed by atoms with Crippen molar-refractivity contribution in [2.24, 2.45) is 16.9 Å². The van der Waals surface area contributed by atoms with Crippen LogP contribution in [0.4, 0.5) is 4.79 Å². The van der Waals surface area contributed by atoms with Crippen molar-refractivity contribution in [3.63, 3.8) is 0 Å². The average molecular weight is 1570 g/mol. The minimum atomic E-state index is -5.83. The van der Waals surface area contributed by atoms with Crippen LogP contribution in [0.5, 0.6) is 0 Å². The van der Waals surface area contributed by atoms with Gasteiger partial charge in [0.25, 0.3) is 5.91 Å². The summed E-state index contributed by atoms with van der Waals surface area (Å²) in [6.45, 7) is 16.0. The number of nitrogens with two attached hydrogens (primary N) is 2. The third-order valence-electron chi connectivity index (χ3n) is 18.5. The maximum absolute atomic E-state index is 14.0. The predicted molar refractivity (Wildman–Crippen MR) is 367 cm³/mol. The fourth-order valence-corrected chi connectivity index (χ4v) is 13.2. The van der Waals surface area contributed by atoms with Crippen molar-refractivity contribution in [1.29, 1.82) is 0 Å². The lowest BCUT2D eigenvalue weighted by atomic mass is 9.85. The first-order valence-corrected chi connectivity index (χ1v) is 36.5. The number of aliphatic carboxylic acids is 1. The van der Waals surface area contributed by atoms with Crippen molar-refractivity contribution in [2.45, 2.75) is 280 Å². The molecule has 5 amide bonds. The number of amides is 5. The molecule has 0 spiro atoms. The molecule has 0 aromatic carbocycles. The second-order valence-electron chi connectivity index (χ2n) is 28.2. The normalized spacial score (nSPS) is 35.1. The highest BCUT2D eigenvalue weighted by molar-refractivity contribution is 7.47. The van der Waals surface area contributed by atoms with Gasteiger partial charge in [0.2, 0.25) is 17.7 Å². The van der Waals surface area contributed by atoms with Gasteiger partial charge in [0, 0.05) is 26.7 Å². The molecule has 108 heavy (non-hydrogen) atoms. The van der Waals surface area contributed by atoms with Crippen LogP contribution >= 0.6 is 7.82 Å². The second-order valence-corrected chi connectivity index (χ2v) is 29.6. The van der Waals surface area contributed by atoms with Crippen LogP contribution in [0.15, 0.2) is 70.7 Å². The van der Waals surface area contributed by atoms with Crippen LogP contribution in [-0.4, -0.2) is 294 Å². The number of aliphatic hydroxyl groups is 11. The Hall–Kier alpha value is -6.16. The van der Waals surface area contributed by atoms with E-state index in [-0.39, 0.29) is 24.9 Å². The van der Waals surface area contributed by atoms with Crippen molar-refractivity contribution in [2.75, 3.05) is 26.4 Å². The second kappa shape index (κ2) is 40.9. The molecule has 40 heteroatoms. The molecule has 6 rings (SSSR count). The van der Waals surface area contributed by atoms with E-state index in [1.165, 1.54) is 18.1 Å². The van der Waals surface area contributed by atoms with Gasteiger partial charge in [-0.3, -0.25) is 33.0 Å². The van der Waals surface area contributed by atoms with Gasteiger partial charge >= 0.3 is 19.9 Å². The van der Waals surface area contributed by atoms with E-state index >= 15 is 0 Å². The van der Waals surface area contributed by atoms with E-state index in [2.05, 4.69) is 75.4 Å². The third-order valence-corrected chi connectivity index (χ3v) is 19.5. The van der Waals surface area contributed by atoms with Crippen molar-refractivity contribution >= 4 is 49.3 Å². The van der Waals surface area contributed by atoms with Crippen molar-refractivity contribution < 1.29 is 165 Å². The molecule has 5 heterocycles. The summed E-state index contributed by atoms with van der Waals surface area (Å²) in [6, 6.07) is -3.98. The number of carboxylic acids is 1. The number of allylic oxidation sites excluding steroid dienone is 10. The first-order valence-electron chi connectivity index (χ1n) is 35.0. The summed E-state index contributed by atoms with van der Waals surface area (Å²) in [5.74, 6) is -7.64. The number of primary amides is 2. The number of ether oxygens (including phenoxy) is 11. The molecule has 20 N–H and O–H groups in total. The number of ketones is 1. The van der Waals surface area contributed by atoms with Crippen LogP contribution in [0.25, 0.3) is 0 Å². The Morgan fingerprint density at radius 3 is 1.83 bits per heavy atom. The summed E-state index contributed by atoms with van der Waals surface area (Å²) in [5, 5.41) is 139. The fraction of sp³-hybridized carbons (Fsp3) is 0.721. The van der Waals surface area contributed by atoms with Crippen LogP contribution in [0.2, 0.25) is 0 Å². The number of hydrogen-bond acceptors (Lipinski definition) is 32. The molecule has 5 aliphatic heterocycles. The zero-order valence-corrected chi connectivity index (χ0v) is 62.2. The molecule has 1 aliphatic carbocycles. The van der Waals surface area contributed by atoms with Crippen LogP contribution in [0.3, 0.4) is 0 Å². The molecule has 0 bridgehead atoms. The molecule has 5 fully saturated rings. The molecule has 5 saturated heterocycles. The number of phosphoric acid groups is 1. The van der Waals surface area contributed by atoms with Crippen LogP contribution in [0.1, 0.15) is 120 Å². The maximum atomic E-state index is 14.0. The minimum Gasteiger partial charge on any atom is -0.510 e. The zero-order chi connectivity index (χ0) is 80.6.